The number of hydrogen-bond donors (Lipinski definition) is 2. The number of carbonyl (C=O) groups excluding carboxylic acids is 1. The van der Waals surface area contributed by atoms with Crippen LogP contribution in [0.25, 0.3) is 0 Å². The van der Waals surface area contributed by atoms with Gasteiger partial charge in [-0.15, -0.1) is 5.10 Å². The Hall–Kier alpha value is -2.21. The van der Waals surface area contributed by atoms with Gasteiger partial charge in [0.25, 0.3) is 5.91 Å². The first-order chi connectivity index (χ1) is 9.29. The third-order valence-electron chi connectivity index (χ3n) is 2.82. The van der Waals surface area contributed by atoms with Crippen molar-refractivity contribution in [3.8, 4) is 0 Å². The minimum Gasteiger partial charge on any atom is -0.288 e. The zero-order valence-corrected chi connectivity index (χ0v) is 10.5. The Morgan fingerprint density at radius 2 is 2.05 bits per heavy atom. The number of rotatable bonds is 6. The molecule has 0 spiro atoms. The van der Waals surface area contributed by atoms with Crippen LogP contribution in [0.15, 0.2) is 36.5 Å². The van der Waals surface area contributed by atoms with Crippen molar-refractivity contribution in [3.63, 3.8) is 0 Å². The maximum Gasteiger partial charge on any atom is 0.296 e. The summed E-state index contributed by atoms with van der Waals surface area (Å²) in [6.45, 7) is 0.707. The van der Waals surface area contributed by atoms with E-state index in [-0.39, 0.29) is 5.69 Å². The molecule has 1 amide bonds. The monoisotopic (exact) mass is 260 g/mol. The number of nitrogens with zero attached hydrogens (tertiary/aromatic N) is 3. The van der Waals surface area contributed by atoms with Gasteiger partial charge in [-0.3, -0.25) is 14.7 Å². The molecule has 0 radical (unpaired) electrons. The van der Waals surface area contributed by atoms with Gasteiger partial charge in [0.15, 0.2) is 5.69 Å². The van der Waals surface area contributed by atoms with Crippen LogP contribution in [-0.4, -0.2) is 26.1 Å². The number of hydroxylamine groups is 1. The first kappa shape index (κ1) is 13.2. The molecule has 0 unspecified atom stereocenters. The summed E-state index contributed by atoms with van der Waals surface area (Å²) >= 11 is 0. The van der Waals surface area contributed by atoms with E-state index in [9.17, 15) is 4.79 Å². The summed E-state index contributed by atoms with van der Waals surface area (Å²) in [5.74, 6) is -0.643. The molecule has 2 N–H and O–H groups in total. The van der Waals surface area contributed by atoms with E-state index in [1.54, 1.807) is 4.68 Å². The fourth-order valence-corrected chi connectivity index (χ4v) is 1.82. The first-order valence-corrected chi connectivity index (χ1v) is 6.18. The third kappa shape index (κ3) is 3.89. The van der Waals surface area contributed by atoms with Crippen LogP contribution in [0.2, 0.25) is 0 Å². The number of benzene rings is 1. The summed E-state index contributed by atoms with van der Waals surface area (Å²) in [4.78, 5) is 11.1. The molecule has 6 heteroatoms. The van der Waals surface area contributed by atoms with Crippen LogP contribution in [-0.2, 0) is 13.0 Å². The maximum atomic E-state index is 11.1. The summed E-state index contributed by atoms with van der Waals surface area (Å²) in [6, 6.07) is 10.3. The zero-order valence-electron chi connectivity index (χ0n) is 10.5. The quantitative estimate of drug-likeness (QED) is 0.467. The second-order valence-corrected chi connectivity index (χ2v) is 4.25. The third-order valence-corrected chi connectivity index (χ3v) is 2.82. The molecule has 1 aromatic carbocycles. The molecule has 2 rings (SSSR count). The number of nitrogens with one attached hydrogen (secondary N) is 1. The molecule has 19 heavy (non-hydrogen) atoms. The summed E-state index contributed by atoms with van der Waals surface area (Å²) in [5, 5.41) is 16.0. The van der Waals surface area contributed by atoms with Crippen molar-refractivity contribution >= 4 is 5.91 Å². The number of hydrogen-bond acceptors (Lipinski definition) is 4. The molecule has 0 aliphatic carbocycles. The smallest absolute Gasteiger partial charge is 0.288 e. The summed E-state index contributed by atoms with van der Waals surface area (Å²) < 4.78 is 1.61. The molecule has 1 heterocycles. The van der Waals surface area contributed by atoms with Gasteiger partial charge in [-0.25, -0.2) is 5.48 Å². The number of carbonyl (C=O) groups is 1. The summed E-state index contributed by atoms with van der Waals surface area (Å²) in [6.07, 6.45) is 4.55. The lowest BCUT2D eigenvalue weighted by Crippen LogP contribution is -2.18. The highest BCUT2D eigenvalue weighted by Gasteiger charge is 2.08. The van der Waals surface area contributed by atoms with Crippen LogP contribution in [0.1, 0.15) is 28.9 Å². The van der Waals surface area contributed by atoms with Crippen LogP contribution in [0.5, 0.6) is 0 Å². The Morgan fingerprint density at radius 1 is 1.26 bits per heavy atom. The molecule has 100 valence electrons. The Kier molecular flexibility index (Phi) is 4.63. The van der Waals surface area contributed by atoms with Crippen molar-refractivity contribution in [2.24, 2.45) is 0 Å². The molecular formula is C13H16N4O2. The van der Waals surface area contributed by atoms with E-state index in [4.69, 9.17) is 5.21 Å². The zero-order chi connectivity index (χ0) is 13.5. The molecular weight excluding hydrogens is 244 g/mol. The van der Waals surface area contributed by atoms with Gasteiger partial charge in [-0.1, -0.05) is 35.5 Å². The van der Waals surface area contributed by atoms with Crippen LogP contribution in [0.3, 0.4) is 0 Å². The van der Waals surface area contributed by atoms with Crippen LogP contribution < -0.4 is 5.48 Å². The fourth-order valence-electron chi connectivity index (χ4n) is 1.82. The molecule has 2 aromatic rings. The van der Waals surface area contributed by atoms with E-state index in [2.05, 4.69) is 22.4 Å². The standard InChI is InChI=1S/C13H16N4O2/c18-13(15-19)12-10-17(16-14-12)9-5-4-8-11-6-2-1-3-7-11/h1-3,6-7,10,19H,4-5,8-9H2,(H,15,18). The predicted molar refractivity (Wildman–Crippen MR) is 68.7 cm³/mol. The van der Waals surface area contributed by atoms with Gasteiger partial charge in [0.1, 0.15) is 0 Å². The first-order valence-electron chi connectivity index (χ1n) is 6.18. The Morgan fingerprint density at radius 3 is 2.79 bits per heavy atom. The maximum absolute atomic E-state index is 11.1. The van der Waals surface area contributed by atoms with Crippen molar-refractivity contribution in [1.29, 1.82) is 0 Å². The molecule has 6 nitrogen and oxygen atoms in total. The normalized spacial score (nSPS) is 10.4. The highest BCUT2D eigenvalue weighted by atomic mass is 16.5. The topological polar surface area (TPSA) is 80.0 Å². The number of unbranched alkanes of at least 4 members (excludes halogenated alkanes) is 1. The van der Waals surface area contributed by atoms with Gasteiger partial charge in [0.2, 0.25) is 0 Å². The van der Waals surface area contributed by atoms with E-state index in [1.165, 1.54) is 17.2 Å². The van der Waals surface area contributed by atoms with E-state index in [0.29, 0.717) is 6.54 Å². The SMILES string of the molecule is O=C(NO)c1cn(CCCCc2ccccc2)nn1. The van der Waals surface area contributed by atoms with E-state index in [1.807, 2.05) is 18.2 Å². The Balaban J connectivity index is 1.74. The highest BCUT2D eigenvalue weighted by molar-refractivity contribution is 5.90. The minimum absolute atomic E-state index is 0.116. The second-order valence-electron chi connectivity index (χ2n) is 4.25. The van der Waals surface area contributed by atoms with Gasteiger partial charge in [0, 0.05) is 6.54 Å². The fraction of sp³-hybridized carbons (Fsp3) is 0.308. The second kappa shape index (κ2) is 6.65. The van der Waals surface area contributed by atoms with Gasteiger partial charge in [-0.2, -0.15) is 0 Å². The van der Waals surface area contributed by atoms with E-state index >= 15 is 0 Å². The number of aromatic nitrogens is 3. The average Bonchev–Trinajstić information content (AvgIpc) is 2.93. The Bertz CT molecular complexity index is 524. The number of amides is 1. The molecule has 1 aromatic heterocycles. The minimum atomic E-state index is -0.643. The molecule has 0 fully saturated rings. The van der Waals surface area contributed by atoms with Gasteiger partial charge in [0.05, 0.1) is 6.20 Å². The molecule has 0 saturated carbocycles. The molecule has 0 aliphatic heterocycles. The van der Waals surface area contributed by atoms with Crippen LogP contribution in [0.4, 0.5) is 0 Å². The number of aryl methyl sites for hydroxylation is 2. The molecule has 0 bridgehead atoms. The van der Waals surface area contributed by atoms with Crippen LogP contribution >= 0.6 is 0 Å². The average molecular weight is 260 g/mol. The summed E-state index contributed by atoms with van der Waals surface area (Å²) in [5.41, 5.74) is 2.97. The van der Waals surface area contributed by atoms with E-state index < -0.39 is 5.91 Å². The van der Waals surface area contributed by atoms with Crippen molar-refractivity contribution < 1.29 is 10.0 Å². The molecule has 0 saturated heterocycles. The summed E-state index contributed by atoms with van der Waals surface area (Å²) in [7, 11) is 0. The molecule has 0 aliphatic rings. The predicted octanol–water partition coefficient (Wildman–Crippen LogP) is 1.42. The van der Waals surface area contributed by atoms with Crippen molar-refractivity contribution in [2.45, 2.75) is 25.8 Å². The van der Waals surface area contributed by atoms with Gasteiger partial charge >= 0.3 is 0 Å². The van der Waals surface area contributed by atoms with Crippen molar-refractivity contribution in [1.82, 2.24) is 20.5 Å². The highest BCUT2D eigenvalue weighted by Crippen LogP contribution is 2.05. The molecule has 0 atom stereocenters. The largest absolute Gasteiger partial charge is 0.296 e. The van der Waals surface area contributed by atoms with Gasteiger partial charge < -0.3 is 0 Å². The van der Waals surface area contributed by atoms with Gasteiger partial charge in [-0.05, 0) is 24.8 Å². The lowest BCUT2D eigenvalue weighted by atomic mass is 10.1. The lowest BCUT2D eigenvalue weighted by molar-refractivity contribution is 0.0700. The van der Waals surface area contributed by atoms with Crippen LogP contribution in [0, 0.1) is 0 Å². The Labute approximate surface area is 111 Å². The van der Waals surface area contributed by atoms with E-state index in [0.717, 1.165) is 19.3 Å². The van der Waals surface area contributed by atoms with Crippen molar-refractivity contribution in [2.75, 3.05) is 0 Å². The van der Waals surface area contributed by atoms with Crippen molar-refractivity contribution in [3.05, 3.63) is 47.8 Å². The lowest BCUT2D eigenvalue weighted by Gasteiger charge is -2.01.